The molecule has 10 heteroatoms. The maximum absolute atomic E-state index is 14.0. The van der Waals surface area contributed by atoms with Gasteiger partial charge in [-0.05, 0) is 36.2 Å². The molecule has 0 spiro atoms. The lowest BCUT2D eigenvalue weighted by Gasteiger charge is -2.10. The molecular formula is C19H16F4N2O3S. The molecule has 0 unspecified atom stereocenters. The molecule has 2 N–H and O–H groups in total. The molecule has 0 radical (unpaired) electrons. The van der Waals surface area contributed by atoms with Crippen molar-refractivity contribution in [3.8, 4) is 22.4 Å². The molecule has 2 aromatic carbocycles. The van der Waals surface area contributed by atoms with E-state index in [4.69, 9.17) is 5.11 Å². The van der Waals surface area contributed by atoms with Crippen LogP contribution in [0.1, 0.15) is 11.3 Å². The number of hydrogen-bond donors (Lipinski definition) is 2. The van der Waals surface area contributed by atoms with E-state index in [0.29, 0.717) is 0 Å². The van der Waals surface area contributed by atoms with Gasteiger partial charge in [0.15, 0.2) is 15.5 Å². The first kappa shape index (κ1) is 21.0. The molecule has 0 saturated heterocycles. The second-order valence-electron chi connectivity index (χ2n) is 6.35. The maximum Gasteiger partial charge on any atom is 0.435 e. The van der Waals surface area contributed by atoms with Gasteiger partial charge in [0.05, 0.1) is 22.9 Å². The predicted molar refractivity (Wildman–Crippen MR) is 98.3 cm³/mol. The Balaban J connectivity index is 2.15. The van der Waals surface area contributed by atoms with Gasteiger partial charge in [0.2, 0.25) is 0 Å². The third kappa shape index (κ3) is 4.18. The number of alkyl halides is 3. The van der Waals surface area contributed by atoms with Crippen LogP contribution in [0.4, 0.5) is 17.6 Å². The van der Waals surface area contributed by atoms with Gasteiger partial charge in [-0.25, -0.2) is 12.8 Å². The summed E-state index contributed by atoms with van der Waals surface area (Å²) in [4.78, 5) is -0.0752. The van der Waals surface area contributed by atoms with Crippen LogP contribution in [-0.2, 0) is 16.0 Å². The van der Waals surface area contributed by atoms with Crippen LogP contribution in [0, 0.1) is 12.7 Å². The number of aromatic nitrogens is 2. The molecule has 0 aliphatic carbocycles. The fourth-order valence-corrected chi connectivity index (χ4v) is 3.88. The Hall–Kier alpha value is -2.72. The lowest BCUT2D eigenvalue weighted by molar-refractivity contribution is -0.140. The summed E-state index contributed by atoms with van der Waals surface area (Å²) in [5, 5.41) is 14.5. The van der Waals surface area contributed by atoms with Crippen molar-refractivity contribution < 1.29 is 31.1 Å². The third-order valence-corrected chi connectivity index (χ3v) is 6.07. The molecule has 3 rings (SSSR count). The first-order chi connectivity index (χ1) is 13.5. The van der Waals surface area contributed by atoms with Gasteiger partial charge in [-0.15, -0.1) is 0 Å². The van der Waals surface area contributed by atoms with Crippen molar-refractivity contribution in [2.24, 2.45) is 0 Å². The number of hydrogen-bond acceptors (Lipinski definition) is 4. The largest absolute Gasteiger partial charge is 0.435 e. The third-order valence-electron chi connectivity index (χ3n) is 4.36. The molecule has 0 amide bonds. The van der Waals surface area contributed by atoms with Crippen LogP contribution in [0.15, 0.2) is 47.4 Å². The number of sulfone groups is 1. The zero-order valence-electron chi connectivity index (χ0n) is 15.1. The van der Waals surface area contributed by atoms with Crippen LogP contribution in [0.3, 0.4) is 0 Å². The van der Waals surface area contributed by atoms with E-state index in [1.165, 1.54) is 43.3 Å². The number of aromatic amines is 1. The number of benzene rings is 2. The van der Waals surface area contributed by atoms with Crippen molar-refractivity contribution in [1.29, 1.82) is 0 Å². The van der Waals surface area contributed by atoms with Gasteiger partial charge in [0.1, 0.15) is 5.82 Å². The summed E-state index contributed by atoms with van der Waals surface area (Å²) in [6, 6.07) is 8.84. The second kappa shape index (κ2) is 7.60. The van der Waals surface area contributed by atoms with Crippen LogP contribution < -0.4 is 0 Å². The van der Waals surface area contributed by atoms with Gasteiger partial charge in [-0.1, -0.05) is 24.3 Å². The van der Waals surface area contributed by atoms with Crippen LogP contribution in [0.2, 0.25) is 0 Å². The lowest BCUT2D eigenvalue weighted by Crippen LogP contribution is -2.09. The van der Waals surface area contributed by atoms with Gasteiger partial charge in [-0.2, -0.15) is 18.3 Å². The number of nitrogens with one attached hydrogen (secondary N) is 1. The van der Waals surface area contributed by atoms with E-state index in [2.05, 4.69) is 10.2 Å². The fraction of sp³-hybridized carbons (Fsp3) is 0.211. The van der Waals surface area contributed by atoms with E-state index in [0.717, 1.165) is 6.07 Å². The first-order valence-corrected chi connectivity index (χ1v) is 10.1. The van der Waals surface area contributed by atoms with Gasteiger partial charge in [0.25, 0.3) is 0 Å². The molecule has 0 saturated carbocycles. The highest BCUT2D eigenvalue weighted by Gasteiger charge is 2.38. The topological polar surface area (TPSA) is 83.0 Å². The molecule has 29 heavy (non-hydrogen) atoms. The van der Waals surface area contributed by atoms with Crippen molar-refractivity contribution in [2.45, 2.75) is 18.0 Å². The minimum absolute atomic E-state index is 0.0128. The summed E-state index contributed by atoms with van der Waals surface area (Å²) in [6.45, 7) is 0.939. The van der Waals surface area contributed by atoms with Crippen LogP contribution in [0.25, 0.3) is 22.4 Å². The van der Waals surface area contributed by atoms with Crippen molar-refractivity contribution in [3.05, 3.63) is 59.5 Å². The number of halogens is 4. The summed E-state index contributed by atoms with van der Waals surface area (Å²) in [5.41, 5.74) is -1.04. The number of aryl methyl sites for hydroxylation is 1. The van der Waals surface area contributed by atoms with Crippen molar-refractivity contribution >= 4 is 9.84 Å². The van der Waals surface area contributed by atoms with Crippen molar-refractivity contribution in [2.75, 3.05) is 12.4 Å². The summed E-state index contributed by atoms with van der Waals surface area (Å²) < 4.78 is 78.4. The average molecular weight is 428 g/mol. The minimum atomic E-state index is -4.78. The highest BCUT2D eigenvalue weighted by Crippen LogP contribution is 2.41. The molecule has 0 atom stereocenters. The standard InChI is InChI=1S/C19H16F4N2O3S/c1-11-2-3-13(10-15(11)20)16-17(24-25-18(16)19(21,22)23)12-4-6-14(7-5-12)29(27,28)9-8-26/h2-7,10,26H,8-9H2,1H3,(H,24,25). The monoisotopic (exact) mass is 428 g/mol. The Bertz CT molecular complexity index is 1140. The minimum Gasteiger partial charge on any atom is -0.395 e. The Labute approximate surface area is 163 Å². The fourth-order valence-electron chi connectivity index (χ4n) is 2.85. The van der Waals surface area contributed by atoms with E-state index in [1.54, 1.807) is 0 Å². The zero-order chi connectivity index (χ0) is 21.4. The number of rotatable bonds is 5. The lowest BCUT2D eigenvalue weighted by atomic mass is 9.97. The van der Waals surface area contributed by atoms with Crippen LogP contribution >= 0.6 is 0 Å². The van der Waals surface area contributed by atoms with Gasteiger partial charge in [0, 0.05) is 11.1 Å². The first-order valence-electron chi connectivity index (χ1n) is 8.40. The Morgan fingerprint density at radius 3 is 2.24 bits per heavy atom. The molecule has 0 aliphatic rings. The summed E-state index contributed by atoms with van der Waals surface area (Å²) >= 11 is 0. The Morgan fingerprint density at radius 1 is 1.07 bits per heavy atom. The van der Waals surface area contributed by atoms with E-state index < -0.39 is 39.9 Å². The van der Waals surface area contributed by atoms with Gasteiger partial charge in [-0.3, -0.25) is 5.10 Å². The Kier molecular flexibility index (Phi) is 5.50. The maximum atomic E-state index is 14.0. The molecule has 1 aromatic heterocycles. The molecular weight excluding hydrogens is 412 g/mol. The van der Waals surface area contributed by atoms with Gasteiger partial charge >= 0.3 is 6.18 Å². The van der Waals surface area contributed by atoms with Crippen LogP contribution in [0.5, 0.6) is 0 Å². The summed E-state index contributed by atoms with van der Waals surface area (Å²) in [7, 11) is -3.71. The zero-order valence-corrected chi connectivity index (χ0v) is 15.9. The highest BCUT2D eigenvalue weighted by atomic mass is 32.2. The van der Waals surface area contributed by atoms with Crippen molar-refractivity contribution in [3.63, 3.8) is 0 Å². The second-order valence-corrected chi connectivity index (χ2v) is 8.46. The number of nitrogens with zero attached hydrogens (tertiary/aromatic N) is 1. The van der Waals surface area contributed by atoms with E-state index in [1.807, 2.05) is 0 Å². The smallest absolute Gasteiger partial charge is 0.395 e. The number of H-pyrrole nitrogens is 1. The summed E-state index contributed by atoms with van der Waals surface area (Å²) in [5.74, 6) is -1.13. The van der Waals surface area contributed by atoms with E-state index in [9.17, 15) is 26.0 Å². The average Bonchev–Trinajstić information content (AvgIpc) is 3.09. The normalized spacial score (nSPS) is 12.3. The molecule has 0 fully saturated rings. The summed E-state index contributed by atoms with van der Waals surface area (Å²) in [6.07, 6.45) is -4.78. The molecule has 0 aliphatic heterocycles. The predicted octanol–water partition coefficient (Wildman–Crippen LogP) is 3.98. The van der Waals surface area contributed by atoms with E-state index >= 15 is 0 Å². The quantitative estimate of drug-likeness (QED) is 0.603. The van der Waals surface area contributed by atoms with Crippen molar-refractivity contribution in [1.82, 2.24) is 10.2 Å². The number of aliphatic hydroxyl groups excluding tert-OH is 1. The highest BCUT2D eigenvalue weighted by molar-refractivity contribution is 7.91. The van der Waals surface area contributed by atoms with E-state index in [-0.39, 0.29) is 32.8 Å². The molecule has 1 heterocycles. The Morgan fingerprint density at radius 2 is 1.69 bits per heavy atom. The SMILES string of the molecule is Cc1ccc(-c2c(C(F)(F)F)n[nH]c2-c2ccc(S(=O)(=O)CCO)cc2)cc1F. The molecule has 3 aromatic rings. The molecule has 0 bridgehead atoms. The number of aliphatic hydroxyl groups is 1. The molecule has 5 nitrogen and oxygen atoms in total. The van der Waals surface area contributed by atoms with Crippen LogP contribution in [-0.4, -0.2) is 36.1 Å². The molecule has 154 valence electrons. The van der Waals surface area contributed by atoms with Gasteiger partial charge < -0.3 is 5.11 Å².